The smallest absolute Gasteiger partial charge is 0.339 e. The van der Waals surface area contributed by atoms with Crippen LogP contribution in [0, 0.1) is 10.1 Å². The molecule has 0 amide bonds. The van der Waals surface area contributed by atoms with Crippen LogP contribution in [0.2, 0.25) is 0 Å². The SMILES string of the molecule is O=C(OCc1nnc(-c2ccc([N+](=O)[O-])cc2)o1)c1csc2c1CCCC2. The van der Waals surface area contributed by atoms with Gasteiger partial charge in [0.25, 0.3) is 11.6 Å². The highest BCUT2D eigenvalue weighted by Crippen LogP contribution is 2.30. The van der Waals surface area contributed by atoms with E-state index in [0.717, 1.165) is 31.2 Å². The molecule has 0 radical (unpaired) electrons. The third-order valence-electron chi connectivity index (χ3n) is 4.40. The first-order chi connectivity index (χ1) is 13.1. The molecule has 0 fully saturated rings. The third-order valence-corrected chi connectivity index (χ3v) is 5.49. The van der Waals surface area contributed by atoms with Gasteiger partial charge in [-0.25, -0.2) is 4.79 Å². The van der Waals surface area contributed by atoms with E-state index in [-0.39, 0.29) is 30.0 Å². The van der Waals surface area contributed by atoms with Crippen LogP contribution in [0.5, 0.6) is 0 Å². The summed E-state index contributed by atoms with van der Waals surface area (Å²) >= 11 is 1.61. The molecule has 0 atom stereocenters. The number of nitrogens with zero attached hydrogens (tertiary/aromatic N) is 3. The molecule has 0 aliphatic heterocycles. The fourth-order valence-corrected chi connectivity index (χ4v) is 4.14. The maximum absolute atomic E-state index is 12.4. The number of nitro groups is 1. The highest BCUT2D eigenvalue weighted by molar-refractivity contribution is 7.10. The number of fused-ring (bicyclic) bond motifs is 1. The Morgan fingerprint density at radius 3 is 2.78 bits per heavy atom. The summed E-state index contributed by atoms with van der Waals surface area (Å²) in [5.74, 6) is -0.00542. The monoisotopic (exact) mass is 385 g/mol. The van der Waals surface area contributed by atoms with E-state index in [1.807, 2.05) is 5.38 Å². The minimum atomic E-state index is -0.481. The lowest BCUT2D eigenvalue weighted by Crippen LogP contribution is -2.09. The van der Waals surface area contributed by atoms with Crippen LogP contribution in [0.1, 0.15) is 39.5 Å². The Balaban J connectivity index is 1.41. The molecule has 4 rings (SSSR count). The Hall–Kier alpha value is -3.07. The molecule has 2 aromatic heterocycles. The maximum atomic E-state index is 12.4. The van der Waals surface area contributed by atoms with Gasteiger partial charge in [-0.2, -0.15) is 0 Å². The number of aryl methyl sites for hydroxylation is 1. The molecule has 0 spiro atoms. The van der Waals surface area contributed by atoms with Crippen LogP contribution in [0.25, 0.3) is 11.5 Å². The van der Waals surface area contributed by atoms with Gasteiger partial charge in [0, 0.05) is 28.0 Å². The van der Waals surface area contributed by atoms with Crippen LogP contribution in [0.3, 0.4) is 0 Å². The Kier molecular flexibility index (Phi) is 4.68. The van der Waals surface area contributed by atoms with Gasteiger partial charge in [-0.1, -0.05) is 0 Å². The van der Waals surface area contributed by atoms with Gasteiger partial charge in [0.2, 0.25) is 5.89 Å². The molecule has 1 aromatic carbocycles. The van der Waals surface area contributed by atoms with E-state index in [0.29, 0.717) is 11.1 Å². The van der Waals surface area contributed by atoms with Crippen LogP contribution < -0.4 is 0 Å². The van der Waals surface area contributed by atoms with Crippen molar-refractivity contribution in [2.24, 2.45) is 0 Å². The standard InChI is InChI=1S/C18H15N3O5S/c22-18(14-10-27-15-4-2-1-3-13(14)15)25-9-16-19-20-17(26-16)11-5-7-12(8-6-11)21(23)24/h5-8,10H,1-4,9H2. The minimum absolute atomic E-state index is 0.0217. The third kappa shape index (κ3) is 3.59. The highest BCUT2D eigenvalue weighted by Gasteiger charge is 2.22. The first kappa shape index (κ1) is 17.3. The van der Waals surface area contributed by atoms with Gasteiger partial charge in [-0.3, -0.25) is 10.1 Å². The summed E-state index contributed by atoms with van der Waals surface area (Å²) in [5.41, 5.74) is 2.27. The predicted octanol–water partition coefficient (Wildman–Crippen LogP) is 3.94. The van der Waals surface area contributed by atoms with Crippen molar-refractivity contribution in [1.29, 1.82) is 0 Å². The molecule has 0 N–H and O–H groups in total. The van der Waals surface area contributed by atoms with Crippen molar-refractivity contribution in [1.82, 2.24) is 10.2 Å². The molecule has 1 aliphatic rings. The predicted molar refractivity (Wildman–Crippen MR) is 96.5 cm³/mol. The second-order valence-corrected chi connectivity index (χ2v) is 7.10. The lowest BCUT2D eigenvalue weighted by molar-refractivity contribution is -0.384. The van der Waals surface area contributed by atoms with Crippen LogP contribution >= 0.6 is 11.3 Å². The average Bonchev–Trinajstić information content (AvgIpc) is 3.33. The van der Waals surface area contributed by atoms with E-state index in [1.165, 1.54) is 29.1 Å². The largest absolute Gasteiger partial charge is 0.452 e. The first-order valence-corrected chi connectivity index (χ1v) is 9.33. The second-order valence-electron chi connectivity index (χ2n) is 6.14. The lowest BCUT2D eigenvalue weighted by atomic mass is 9.96. The summed E-state index contributed by atoms with van der Waals surface area (Å²) in [5, 5.41) is 20.3. The molecule has 0 saturated heterocycles. The molecular weight excluding hydrogens is 370 g/mol. The van der Waals surface area contributed by atoms with Gasteiger partial charge in [-0.05, 0) is 43.4 Å². The molecular formula is C18H15N3O5S. The van der Waals surface area contributed by atoms with Gasteiger partial charge in [0.05, 0.1) is 10.5 Å². The number of nitro benzene ring substituents is 1. The van der Waals surface area contributed by atoms with Crippen molar-refractivity contribution in [3.8, 4) is 11.5 Å². The lowest BCUT2D eigenvalue weighted by Gasteiger charge is -2.11. The van der Waals surface area contributed by atoms with Crippen molar-refractivity contribution in [2.45, 2.75) is 32.3 Å². The zero-order valence-corrected chi connectivity index (χ0v) is 15.0. The normalized spacial score (nSPS) is 13.2. The van der Waals surface area contributed by atoms with E-state index < -0.39 is 4.92 Å². The molecule has 0 saturated carbocycles. The first-order valence-electron chi connectivity index (χ1n) is 8.45. The molecule has 27 heavy (non-hydrogen) atoms. The second kappa shape index (κ2) is 7.28. The van der Waals surface area contributed by atoms with Crippen molar-refractivity contribution >= 4 is 23.0 Å². The van der Waals surface area contributed by atoms with Crippen molar-refractivity contribution in [2.75, 3.05) is 0 Å². The van der Waals surface area contributed by atoms with Crippen molar-refractivity contribution in [3.05, 3.63) is 61.7 Å². The van der Waals surface area contributed by atoms with Crippen molar-refractivity contribution < 1.29 is 18.9 Å². The summed E-state index contributed by atoms with van der Waals surface area (Å²) in [6.07, 6.45) is 4.19. The number of ether oxygens (including phenoxy) is 1. The van der Waals surface area contributed by atoms with E-state index >= 15 is 0 Å². The number of carbonyl (C=O) groups excluding carboxylic acids is 1. The average molecular weight is 385 g/mol. The van der Waals surface area contributed by atoms with Crippen molar-refractivity contribution in [3.63, 3.8) is 0 Å². The number of aromatic nitrogens is 2. The fourth-order valence-electron chi connectivity index (χ4n) is 3.02. The van der Waals surface area contributed by atoms with Crippen LogP contribution in [-0.2, 0) is 24.2 Å². The summed E-state index contributed by atoms with van der Waals surface area (Å²) in [4.78, 5) is 23.8. The topological polar surface area (TPSA) is 108 Å². The zero-order valence-electron chi connectivity index (χ0n) is 14.2. The van der Waals surface area contributed by atoms with E-state index in [9.17, 15) is 14.9 Å². The van der Waals surface area contributed by atoms with Gasteiger partial charge in [0.1, 0.15) is 0 Å². The summed E-state index contributed by atoms with van der Waals surface area (Å²) in [7, 11) is 0. The van der Waals surface area contributed by atoms with Gasteiger partial charge in [0.15, 0.2) is 6.61 Å². The Bertz CT molecular complexity index is 993. The van der Waals surface area contributed by atoms with E-state index in [4.69, 9.17) is 9.15 Å². The Morgan fingerprint density at radius 2 is 2.00 bits per heavy atom. The molecule has 3 aromatic rings. The van der Waals surface area contributed by atoms with E-state index in [2.05, 4.69) is 10.2 Å². The zero-order chi connectivity index (χ0) is 18.8. The number of hydrogen-bond donors (Lipinski definition) is 0. The van der Waals surface area contributed by atoms with Crippen LogP contribution in [0.15, 0.2) is 34.1 Å². The number of thiophene rings is 1. The molecule has 138 valence electrons. The van der Waals surface area contributed by atoms with Crippen LogP contribution in [-0.4, -0.2) is 21.1 Å². The Morgan fingerprint density at radius 1 is 1.22 bits per heavy atom. The molecule has 2 heterocycles. The van der Waals surface area contributed by atoms with Gasteiger partial charge >= 0.3 is 5.97 Å². The van der Waals surface area contributed by atoms with Crippen LogP contribution in [0.4, 0.5) is 5.69 Å². The quantitative estimate of drug-likeness (QED) is 0.372. The number of benzene rings is 1. The number of rotatable bonds is 5. The molecule has 8 nitrogen and oxygen atoms in total. The number of carbonyl (C=O) groups is 1. The number of hydrogen-bond acceptors (Lipinski definition) is 8. The summed E-state index contributed by atoms with van der Waals surface area (Å²) < 4.78 is 10.8. The van der Waals surface area contributed by atoms with Gasteiger partial charge in [-0.15, -0.1) is 21.5 Å². The maximum Gasteiger partial charge on any atom is 0.339 e. The fraction of sp³-hybridized carbons (Fsp3) is 0.278. The van der Waals surface area contributed by atoms with E-state index in [1.54, 1.807) is 11.3 Å². The number of non-ortho nitro benzene ring substituents is 1. The molecule has 1 aliphatic carbocycles. The number of esters is 1. The Labute approximate surface area is 157 Å². The molecule has 0 bridgehead atoms. The van der Waals surface area contributed by atoms with Gasteiger partial charge < -0.3 is 9.15 Å². The minimum Gasteiger partial charge on any atom is -0.452 e. The summed E-state index contributed by atoms with van der Waals surface area (Å²) in [6, 6.07) is 5.77. The highest BCUT2D eigenvalue weighted by atomic mass is 32.1. The molecule has 9 heteroatoms. The molecule has 0 unspecified atom stereocenters. The summed E-state index contributed by atoms with van der Waals surface area (Å²) in [6.45, 7) is -0.122.